The molecule has 1 N–H and O–H groups in total. The number of carbonyl (C=O) groups is 1. The maximum Gasteiger partial charge on any atom is 0.358 e. The van der Waals surface area contributed by atoms with Crippen LogP contribution < -0.4 is 15.8 Å². The third-order valence-electron chi connectivity index (χ3n) is 3.22. The Balaban J connectivity index is 2.18. The predicted molar refractivity (Wildman–Crippen MR) is 73.1 cm³/mol. The van der Waals surface area contributed by atoms with Crippen molar-refractivity contribution in [1.29, 1.82) is 0 Å². The fourth-order valence-corrected chi connectivity index (χ4v) is 2.13. The van der Waals surface area contributed by atoms with Gasteiger partial charge in [-0.2, -0.15) is 0 Å². The number of nitrogens with zero attached hydrogens (tertiary/aromatic N) is 3. The first-order valence-corrected chi connectivity index (χ1v) is 6.34. The lowest BCUT2D eigenvalue weighted by atomic mass is 10.0. The second-order valence-electron chi connectivity index (χ2n) is 4.46. The van der Waals surface area contributed by atoms with Gasteiger partial charge in [-0.25, -0.2) is 9.78 Å². The zero-order chi connectivity index (χ0) is 13.8. The van der Waals surface area contributed by atoms with E-state index >= 15 is 0 Å². The summed E-state index contributed by atoms with van der Waals surface area (Å²) in [6.07, 6.45) is 2.45. The van der Waals surface area contributed by atoms with Crippen molar-refractivity contribution in [2.24, 2.45) is 0 Å². The molecule has 0 bridgehead atoms. The van der Waals surface area contributed by atoms with Crippen molar-refractivity contribution in [3.8, 4) is 0 Å². The van der Waals surface area contributed by atoms with Crippen LogP contribution in [0.25, 0.3) is 0 Å². The number of aromatic nitrogens is 2. The summed E-state index contributed by atoms with van der Waals surface area (Å²) in [7, 11) is 7.19. The van der Waals surface area contributed by atoms with E-state index in [1.165, 1.54) is 13.3 Å². The van der Waals surface area contributed by atoms with Crippen molar-refractivity contribution >= 4 is 25.2 Å². The highest BCUT2D eigenvalue weighted by Gasteiger charge is 2.21. The molecular weight excluding hydrogens is 243 g/mol. The highest BCUT2D eigenvalue weighted by Crippen LogP contribution is 2.11. The molecule has 7 heteroatoms. The molecule has 0 saturated carbocycles. The van der Waals surface area contributed by atoms with Crippen molar-refractivity contribution in [3.63, 3.8) is 0 Å². The molecular formula is C12H17BN4O2. The molecule has 2 heterocycles. The first-order chi connectivity index (χ1) is 9.15. The zero-order valence-electron chi connectivity index (χ0n) is 11.2. The largest absolute Gasteiger partial charge is 0.464 e. The lowest BCUT2D eigenvalue weighted by molar-refractivity contribution is 0.0594. The smallest absolute Gasteiger partial charge is 0.358 e. The summed E-state index contributed by atoms with van der Waals surface area (Å²) in [6, 6.07) is 0.426. The van der Waals surface area contributed by atoms with Crippen molar-refractivity contribution in [2.45, 2.75) is 19.4 Å². The maximum atomic E-state index is 11.3. The van der Waals surface area contributed by atoms with E-state index in [-0.39, 0.29) is 11.3 Å². The quantitative estimate of drug-likeness (QED) is 0.569. The number of piperazine rings is 1. The van der Waals surface area contributed by atoms with Crippen molar-refractivity contribution < 1.29 is 9.53 Å². The molecule has 1 aliphatic rings. The fourth-order valence-electron chi connectivity index (χ4n) is 2.13. The van der Waals surface area contributed by atoms with E-state index < -0.39 is 5.97 Å². The Bertz CT molecular complexity index is 469. The van der Waals surface area contributed by atoms with Crippen LogP contribution in [0, 0.1) is 0 Å². The summed E-state index contributed by atoms with van der Waals surface area (Å²) in [5.41, 5.74) is 0.394. The van der Waals surface area contributed by atoms with E-state index in [2.05, 4.69) is 31.8 Å². The molecule has 0 aromatic carbocycles. The van der Waals surface area contributed by atoms with E-state index in [1.807, 2.05) is 0 Å². The number of rotatable bonds is 3. The van der Waals surface area contributed by atoms with E-state index in [4.69, 9.17) is 7.85 Å². The number of anilines is 1. The molecule has 19 heavy (non-hydrogen) atoms. The summed E-state index contributed by atoms with van der Waals surface area (Å²) in [5, 5.41) is 3.42. The molecule has 100 valence electrons. The molecule has 0 aliphatic carbocycles. The van der Waals surface area contributed by atoms with E-state index in [0.29, 0.717) is 11.9 Å². The van der Waals surface area contributed by atoms with Crippen LogP contribution in [0.2, 0.25) is 0 Å². The van der Waals surface area contributed by atoms with Crippen LogP contribution in [0.15, 0.2) is 6.20 Å². The van der Waals surface area contributed by atoms with Crippen LogP contribution in [0.1, 0.15) is 23.8 Å². The Morgan fingerprint density at radius 1 is 1.68 bits per heavy atom. The molecule has 1 atom stereocenters. The first kappa shape index (κ1) is 13.8. The van der Waals surface area contributed by atoms with E-state index in [9.17, 15) is 4.79 Å². The van der Waals surface area contributed by atoms with Gasteiger partial charge in [-0.1, -0.05) is 6.92 Å². The maximum absolute atomic E-state index is 11.3. The Hall–Kier alpha value is -1.63. The van der Waals surface area contributed by atoms with Gasteiger partial charge in [0, 0.05) is 31.3 Å². The molecule has 0 amide bonds. The van der Waals surface area contributed by atoms with Gasteiger partial charge in [0.15, 0.2) is 5.69 Å². The van der Waals surface area contributed by atoms with Crippen LogP contribution in [0.5, 0.6) is 0 Å². The van der Waals surface area contributed by atoms with Gasteiger partial charge in [0.2, 0.25) is 0 Å². The van der Waals surface area contributed by atoms with Crippen molar-refractivity contribution in [1.82, 2.24) is 15.3 Å². The molecule has 0 spiro atoms. The number of ether oxygens (including phenoxy) is 1. The Kier molecular flexibility index (Phi) is 4.37. The standard InChI is InChI=1S/C12H17BN4O2/c1-3-8-7-17(5-4-14-8)11-10(13)16-9(6-15-11)12(18)19-2/h6,8,14H,3-5,7H2,1-2H3/t8-/m0/s1. The lowest BCUT2D eigenvalue weighted by Gasteiger charge is -2.34. The molecule has 1 aromatic rings. The second kappa shape index (κ2) is 6.01. The third kappa shape index (κ3) is 3.04. The van der Waals surface area contributed by atoms with E-state index in [1.54, 1.807) is 0 Å². The van der Waals surface area contributed by atoms with Gasteiger partial charge < -0.3 is 15.0 Å². The van der Waals surface area contributed by atoms with Crippen LogP contribution in [0.4, 0.5) is 5.82 Å². The van der Waals surface area contributed by atoms with E-state index in [0.717, 1.165) is 26.1 Å². The molecule has 1 fully saturated rings. The summed E-state index contributed by atoms with van der Waals surface area (Å²) in [6.45, 7) is 4.69. The average Bonchev–Trinajstić information content (AvgIpc) is 2.46. The number of methoxy groups -OCH3 is 1. The minimum absolute atomic E-state index is 0.130. The van der Waals surface area contributed by atoms with Gasteiger partial charge in [0.05, 0.1) is 13.3 Å². The highest BCUT2D eigenvalue weighted by atomic mass is 16.5. The molecule has 1 saturated heterocycles. The number of hydrogen-bond donors (Lipinski definition) is 1. The minimum atomic E-state index is -0.530. The lowest BCUT2D eigenvalue weighted by Crippen LogP contribution is -2.52. The summed E-state index contributed by atoms with van der Waals surface area (Å²) < 4.78 is 4.59. The van der Waals surface area contributed by atoms with Gasteiger partial charge in [-0.05, 0) is 6.42 Å². The van der Waals surface area contributed by atoms with Gasteiger partial charge in [0.1, 0.15) is 13.7 Å². The van der Waals surface area contributed by atoms with Gasteiger partial charge in [-0.15, -0.1) is 0 Å². The molecule has 1 aliphatic heterocycles. The first-order valence-electron chi connectivity index (χ1n) is 6.34. The monoisotopic (exact) mass is 260 g/mol. The molecule has 2 radical (unpaired) electrons. The normalized spacial score (nSPS) is 19.3. The fraction of sp³-hybridized carbons (Fsp3) is 0.583. The van der Waals surface area contributed by atoms with Crippen molar-refractivity contribution in [2.75, 3.05) is 31.6 Å². The third-order valence-corrected chi connectivity index (χ3v) is 3.22. The number of esters is 1. The topological polar surface area (TPSA) is 67.3 Å². The Labute approximate surface area is 114 Å². The average molecular weight is 260 g/mol. The summed E-state index contributed by atoms with van der Waals surface area (Å²) in [5.74, 6) is 0.102. The van der Waals surface area contributed by atoms with Crippen LogP contribution in [-0.2, 0) is 4.74 Å². The minimum Gasteiger partial charge on any atom is -0.464 e. The van der Waals surface area contributed by atoms with Crippen molar-refractivity contribution in [3.05, 3.63) is 11.9 Å². The molecule has 2 rings (SSSR count). The molecule has 0 unspecified atom stereocenters. The number of carbonyl (C=O) groups excluding carboxylic acids is 1. The van der Waals surface area contributed by atoms with Crippen LogP contribution >= 0.6 is 0 Å². The predicted octanol–water partition coefficient (Wildman–Crippen LogP) is -0.755. The van der Waals surface area contributed by atoms with Gasteiger partial charge in [0.25, 0.3) is 0 Å². The number of nitrogens with one attached hydrogen (secondary N) is 1. The Morgan fingerprint density at radius 3 is 3.11 bits per heavy atom. The van der Waals surface area contributed by atoms with Crippen LogP contribution in [0.3, 0.4) is 0 Å². The van der Waals surface area contributed by atoms with Gasteiger partial charge >= 0.3 is 5.97 Å². The second-order valence-corrected chi connectivity index (χ2v) is 4.46. The zero-order valence-corrected chi connectivity index (χ0v) is 11.2. The number of hydrogen-bond acceptors (Lipinski definition) is 6. The van der Waals surface area contributed by atoms with Gasteiger partial charge in [-0.3, -0.25) is 4.98 Å². The van der Waals surface area contributed by atoms with Crippen LogP contribution in [-0.4, -0.2) is 56.6 Å². The molecule has 1 aromatic heterocycles. The summed E-state index contributed by atoms with van der Waals surface area (Å²) >= 11 is 0. The SMILES string of the molecule is [B]c1nc(C(=O)OC)cnc1N1CCN[C@@H](CC)C1. The highest BCUT2D eigenvalue weighted by molar-refractivity contribution is 6.33. The molecule has 6 nitrogen and oxygen atoms in total. The Morgan fingerprint density at radius 2 is 2.47 bits per heavy atom. The summed E-state index contributed by atoms with van der Waals surface area (Å²) in [4.78, 5) is 21.7.